The number of carbonyl (C=O) groups is 1. The van der Waals surface area contributed by atoms with E-state index in [0.29, 0.717) is 28.0 Å². The summed E-state index contributed by atoms with van der Waals surface area (Å²) in [6, 6.07) is 17.8. The lowest BCUT2D eigenvalue weighted by atomic mass is 10.2. The molecule has 35 heavy (non-hydrogen) atoms. The summed E-state index contributed by atoms with van der Waals surface area (Å²) in [4.78, 5) is 12.5. The third-order valence-electron chi connectivity index (χ3n) is 5.09. The monoisotopic (exact) mass is 496 g/mol. The van der Waals surface area contributed by atoms with Crippen molar-refractivity contribution in [1.82, 2.24) is 20.1 Å². The van der Waals surface area contributed by atoms with E-state index < -0.39 is 11.6 Å². The number of aromatic nitrogens is 3. The zero-order valence-corrected chi connectivity index (χ0v) is 19.8. The molecule has 0 aliphatic rings. The third kappa shape index (κ3) is 5.60. The molecule has 1 amide bonds. The Morgan fingerprint density at radius 1 is 0.971 bits per heavy atom. The summed E-state index contributed by atoms with van der Waals surface area (Å²) >= 11 is 1.10. The van der Waals surface area contributed by atoms with Crippen molar-refractivity contribution in [3.8, 4) is 28.6 Å². The molecule has 0 bridgehead atoms. The standard InChI is InChI=1S/C25H22F2N4O3S/c1-33-21-11-8-16(12-22(21)34-2)14-28-23(32)15-35-25-30-29-24(17-6-4-3-5-7-17)31(25)20-10-9-18(26)13-19(20)27/h3-13H,14-15H2,1-2H3,(H,28,32). The molecule has 0 atom stereocenters. The molecule has 1 aromatic heterocycles. The number of rotatable bonds is 9. The maximum Gasteiger partial charge on any atom is 0.230 e. The number of benzene rings is 3. The predicted molar refractivity (Wildman–Crippen MR) is 129 cm³/mol. The van der Waals surface area contributed by atoms with Crippen LogP contribution in [0.3, 0.4) is 0 Å². The summed E-state index contributed by atoms with van der Waals surface area (Å²) < 4.78 is 40.2. The number of thioether (sulfide) groups is 1. The fourth-order valence-electron chi connectivity index (χ4n) is 3.39. The van der Waals surface area contributed by atoms with E-state index in [4.69, 9.17) is 9.47 Å². The quantitative estimate of drug-likeness (QED) is 0.340. The molecule has 0 spiro atoms. The van der Waals surface area contributed by atoms with Crippen LogP contribution in [0.15, 0.2) is 71.9 Å². The SMILES string of the molecule is COc1ccc(CNC(=O)CSc2nnc(-c3ccccc3)n2-c2ccc(F)cc2F)cc1OC. The average Bonchev–Trinajstić information content (AvgIpc) is 3.30. The van der Waals surface area contributed by atoms with Crippen LogP contribution < -0.4 is 14.8 Å². The van der Waals surface area contributed by atoms with E-state index in [2.05, 4.69) is 15.5 Å². The number of hydrogen-bond donors (Lipinski definition) is 1. The first-order valence-corrected chi connectivity index (χ1v) is 11.6. The minimum absolute atomic E-state index is 0.0169. The first kappa shape index (κ1) is 24.2. The highest BCUT2D eigenvalue weighted by Crippen LogP contribution is 2.30. The zero-order valence-electron chi connectivity index (χ0n) is 19.0. The second-order valence-electron chi connectivity index (χ2n) is 7.36. The number of amides is 1. The van der Waals surface area contributed by atoms with E-state index in [1.54, 1.807) is 26.4 Å². The van der Waals surface area contributed by atoms with Crippen molar-refractivity contribution in [2.45, 2.75) is 11.7 Å². The Morgan fingerprint density at radius 3 is 2.46 bits per heavy atom. The summed E-state index contributed by atoms with van der Waals surface area (Å²) in [6.07, 6.45) is 0. The maximum absolute atomic E-state index is 14.7. The summed E-state index contributed by atoms with van der Waals surface area (Å²) in [6.45, 7) is 0.286. The van der Waals surface area contributed by atoms with Crippen molar-refractivity contribution in [3.63, 3.8) is 0 Å². The molecular formula is C25H22F2N4O3S. The van der Waals surface area contributed by atoms with Crippen LogP contribution in [0.4, 0.5) is 8.78 Å². The molecule has 0 radical (unpaired) electrons. The van der Waals surface area contributed by atoms with Gasteiger partial charge in [0.1, 0.15) is 11.6 Å². The van der Waals surface area contributed by atoms with Crippen molar-refractivity contribution in [1.29, 1.82) is 0 Å². The number of carbonyl (C=O) groups excluding carboxylic acids is 1. The van der Waals surface area contributed by atoms with Crippen LogP contribution in [0.1, 0.15) is 5.56 Å². The smallest absolute Gasteiger partial charge is 0.230 e. The van der Waals surface area contributed by atoms with Crippen LogP contribution in [0.5, 0.6) is 11.5 Å². The predicted octanol–water partition coefficient (Wildman–Crippen LogP) is 4.64. The molecule has 4 rings (SSSR count). The summed E-state index contributed by atoms with van der Waals surface area (Å²) in [5.41, 5.74) is 1.63. The molecule has 180 valence electrons. The maximum atomic E-state index is 14.7. The molecule has 0 saturated carbocycles. The Kier molecular flexibility index (Phi) is 7.61. The number of methoxy groups -OCH3 is 2. The van der Waals surface area contributed by atoms with E-state index in [-0.39, 0.29) is 23.9 Å². The molecule has 1 heterocycles. The fraction of sp³-hybridized carbons (Fsp3) is 0.160. The lowest BCUT2D eigenvalue weighted by molar-refractivity contribution is -0.118. The van der Waals surface area contributed by atoms with Crippen LogP contribution in [0.25, 0.3) is 17.1 Å². The molecule has 1 N–H and O–H groups in total. The summed E-state index contributed by atoms with van der Waals surface area (Å²) in [7, 11) is 3.09. The van der Waals surface area contributed by atoms with Crippen molar-refractivity contribution >= 4 is 17.7 Å². The minimum atomic E-state index is -0.762. The minimum Gasteiger partial charge on any atom is -0.493 e. The van der Waals surface area contributed by atoms with E-state index in [0.717, 1.165) is 29.5 Å². The van der Waals surface area contributed by atoms with Gasteiger partial charge >= 0.3 is 0 Å². The average molecular weight is 497 g/mol. The van der Waals surface area contributed by atoms with Crippen LogP contribution in [-0.2, 0) is 11.3 Å². The topological polar surface area (TPSA) is 78.3 Å². The first-order valence-electron chi connectivity index (χ1n) is 10.6. The lowest BCUT2D eigenvalue weighted by Gasteiger charge is -2.12. The molecule has 0 fully saturated rings. The van der Waals surface area contributed by atoms with Gasteiger partial charge in [0.25, 0.3) is 0 Å². The molecule has 0 saturated heterocycles. The Labute approximate surface area is 205 Å². The Bertz CT molecular complexity index is 1330. The Balaban J connectivity index is 1.51. The van der Waals surface area contributed by atoms with Crippen molar-refractivity contribution in [3.05, 3.63) is 83.9 Å². The third-order valence-corrected chi connectivity index (χ3v) is 6.01. The van der Waals surface area contributed by atoms with Gasteiger partial charge in [0, 0.05) is 18.2 Å². The van der Waals surface area contributed by atoms with E-state index in [9.17, 15) is 13.6 Å². The molecule has 0 aliphatic heterocycles. The van der Waals surface area contributed by atoms with Gasteiger partial charge in [-0.2, -0.15) is 0 Å². The van der Waals surface area contributed by atoms with Gasteiger partial charge in [-0.3, -0.25) is 9.36 Å². The number of hydrogen-bond acceptors (Lipinski definition) is 6. The first-order chi connectivity index (χ1) is 17.0. The van der Waals surface area contributed by atoms with Crippen LogP contribution in [-0.4, -0.2) is 40.6 Å². The van der Waals surface area contributed by atoms with Crippen molar-refractivity contribution < 1.29 is 23.0 Å². The van der Waals surface area contributed by atoms with Crippen molar-refractivity contribution in [2.24, 2.45) is 0 Å². The molecule has 10 heteroatoms. The zero-order chi connectivity index (χ0) is 24.8. The number of nitrogens with zero attached hydrogens (tertiary/aromatic N) is 3. The van der Waals surface area contributed by atoms with Gasteiger partial charge in [-0.15, -0.1) is 10.2 Å². The molecular weight excluding hydrogens is 474 g/mol. The molecule has 7 nitrogen and oxygen atoms in total. The van der Waals surface area contributed by atoms with E-state index >= 15 is 0 Å². The molecule has 0 aliphatic carbocycles. The molecule has 0 unspecified atom stereocenters. The number of ether oxygens (including phenoxy) is 2. The highest BCUT2D eigenvalue weighted by molar-refractivity contribution is 7.99. The number of nitrogens with one attached hydrogen (secondary N) is 1. The van der Waals surface area contributed by atoms with Gasteiger partial charge in [0.2, 0.25) is 5.91 Å². The highest BCUT2D eigenvalue weighted by atomic mass is 32.2. The Hall–Kier alpha value is -3.92. The van der Waals surface area contributed by atoms with Gasteiger partial charge in [-0.1, -0.05) is 48.2 Å². The molecule has 3 aromatic carbocycles. The lowest BCUT2D eigenvalue weighted by Crippen LogP contribution is -2.24. The van der Waals surface area contributed by atoms with Gasteiger partial charge in [-0.05, 0) is 29.8 Å². The normalized spacial score (nSPS) is 10.7. The fourth-order valence-corrected chi connectivity index (χ4v) is 4.16. The largest absolute Gasteiger partial charge is 0.493 e. The second kappa shape index (κ2) is 11.0. The van der Waals surface area contributed by atoms with Crippen LogP contribution in [0.2, 0.25) is 0 Å². The van der Waals surface area contributed by atoms with Crippen LogP contribution >= 0.6 is 11.8 Å². The number of halogens is 2. The Morgan fingerprint density at radius 2 is 1.74 bits per heavy atom. The summed E-state index contributed by atoms with van der Waals surface area (Å²) in [5, 5.41) is 11.5. The van der Waals surface area contributed by atoms with Gasteiger partial charge in [0.15, 0.2) is 22.5 Å². The highest BCUT2D eigenvalue weighted by Gasteiger charge is 2.20. The van der Waals surface area contributed by atoms with Gasteiger partial charge in [0.05, 0.1) is 25.7 Å². The van der Waals surface area contributed by atoms with E-state index in [1.807, 2.05) is 36.4 Å². The van der Waals surface area contributed by atoms with E-state index in [1.165, 1.54) is 10.6 Å². The second-order valence-corrected chi connectivity index (χ2v) is 8.30. The van der Waals surface area contributed by atoms with Crippen LogP contribution in [0, 0.1) is 11.6 Å². The molecule has 4 aromatic rings. The summed E-state index contributed by atoms with van der Waals surface area (Å²) in [5.74, 6) is -0.143. The van der Waals surface area contributed by atoms with Gasteiger partial charge in [-0.25, -0.2) is 8.78 Å². The van der Waals surface area contributed by atoms with Crippen molar-refractivity contribution in [2.75, 3.05) is 20.0 Å². The van der Waals surface area contributed by atoms with Gasteiger partial charge < -0.3 is 14.8 Å².